The maximum absolute atomic E-state index is 12.3. The lowest BCUT2D eigenvalue weighted by Crippen LogP contribution is -2.05. The van der Waals surface area contributed by atoms with Gasteiger partial charge in [0.2, 0.25) is 0 Å². The molecule has 1 aromatic rings. The molecule has 0 amide bonds. The molecule has 0 bridgehead atoms. The van der Waals surface area contributed by atoms with Crippen LogP contribution < -0.4 is 4.18 Å². The lowest BCUT2D eigenvalue weighted by Gasteiger charge is -2.00. The van der Waals surface area contributed by atoms with Gasteiger partial charge < -0.3 is 4.18 Å². The molecule has 0 saturated heterocycles. The molecule has 3 nitrogen and oxygen atoms in total. The summed E-state index contributed by atoms with van der Waals surface area (Å²) < 4.78 is 37.8. The van der Waals surface area contributed by atoms with Gasteiger partial charge in [0.1, 0.15) is 5.82 Å². The molecule has 12 heavy (non-hydrogen) atoms. The van der Waals surface area contributed by atoms with E-state index in [-0.39, 0.29) is 5.75 Å². The van der Waals surface area contributed by atoms with Gasteiger partial charge in [0, 0.05) is 6.07 Å². The predicted molar refractivity (Wildman–Crippen MR) is 40.7 cm³/mol. The molecule has 1 radical (unpaired) electrons. The summed E-state index contributed by atoms with van der Waals surface area (Å²) in [6.07, 6.45) is 0.907. The van der Waals surface area contributed by atoms with Crippen molar-refractivity contribution >= 4 is 10.1 Å². The molecular weight excluding hydrogens is 183 g/mol. The first-order valence-electron chi connectivity index (χ1n) is 3.04. The molecule has 0 unspecified atom stereocenters. The molecular formula is C7H6FO3S. The van der Waals surface area contributed by atoms with E-state index >= 15 is 0 Å². The quantitative estimate of drug-likeness (QED) is 0.651. The Hall–Kier alpha value is -1.10. The highest BCUT2D eigenvalue weighted by molar-refractivity contribution is 7.86. The fourth-order valence-electron chi connectivity index (χ4n) is 0.607. The lowest BCUT2D eigenvalue weighted by atomic mass is 10.3. The van der Waals surface area contributed by atoms with Crippen LogP contribution in [0.2, 0.25) is 0 Å². The van der Waals surface area contributed by atoms with Gasteiger partial charge in [-0.25, -0.2) is 4.39 Å². The Balaban J connectivity index is 2.85. The van der Waals surface area contributed by atoms with E-state index in [9.17, 15) is 12.8 Å². The van der Waals surface area contributed by atoms with Gasteiger partial charge in [-0.05, 0) is 18.2 Å². The summed E-state index contributed by atoms with van der Waals surface area (Å²) in [5, 5.41) is 0. The highest BCUT2D eigenvalue weighted by Gasteiger charge is 2.03. The summed E-state index contributed by atoms with van der Waals surface area (Å²) in [7, 11) is -3.54. The lowest BCUT2D eigenvalue weighted by molar-refractivity contribution is 0.491. The number of rotatable bonds is 2. The van der Waals surface area contributed by atoms with Gasteiger partial charge in [0.15, 0.2) is 5.75 Å². The Kier molecular flexibility index (Phi) is 2.32. The second-order valence-electron chi connectivity index (χ2n) is 2.16. The molecule has 0 aliphatic heterocycles. The standard InChI is InChI=1S/C7H6FO3S/c1-12(9,10)11-7-4-2-6(8)3-5-7/h2-4H,1H3. The van der Waals surface area contributed by atoms with Crippen molar-refractivity contribution in [1.82, 2.24) is 0 Å². The maximum atomic E-state index is 12.3. The molecule has 0 saturated carbocycles. The minimum atomic E-state index is -3.54. The first kappa shape index (κ1) is 8.99. The summed E-state index contributed by atoms with van der Waals surface area (Å²) in [6.45, 7) is 0. The van der Waals surface area contributed by atoms with Crippen LogP contribution in [0.15, 0.2) is 18.2 Å². The average Bonchev–Trinajstić information content (AvgIpc) is 1.91. The number of halogens is 1. The second kappa shape index (κ2) is 3.10. The third-order valence-corrected chi connectivity index (χ3v) is 1.47. The zero-order valence-electron chi connectivity index (χ0n) is 6.24. The van der Waals surface area contributed by atoms with Gasteiger partial charge in [-0.15, -0.1) is 0 Å². The number of benzene rings is 1. The summed E-state index contributed by atoms with van der Waals surface area (Å²) in [5.74, 6) is -0.505. The fourth-order valence-corrected chi connectivity index (χ4v) is 1.04. The molecule has 0 spiro atoms. The van der Waals surface area contributed by atoms with Gasteiger partial charge in [-0.2, -0.15) is 8.42 Å². The first-order valence-corrected chi connectivity index (χ1v) is 4.86. The molecule has 5 heteroatoms. The minimum absolute atomic E-state index is 0.0149. The molecule has 1 aromatic carbocycles. The van der Waals surface area contributed by atoms with Gasteiger partial charge >= 0.3 is 10.1 Å². The predicted octanol–water partition coefficient (Wildman–Crippen LogP) is 0.964. The van der Waals surface area contributed by atoms with Crippen molar-refractivity contribution in [2.45, 2.75) is 0 Å². The van der Waals surface area contributed by atoms with Crippen LogP contribution >= 0.6 is 0 Å². The Bertz CT molecular complexity index is 355. The molecule has 0 aliphatic rings. The molecule has 1 rings (SSSR count). The van der Waals surface area contributed by atoms with E-state index in [1.165, 1.54) is 6.07 Å². The maximum Gasteiger partial charge on any atom is 0.306 e. The summed E-state index contributed by atoms with van der Waals surface area (Å²) in [5.41, 5.74) is 0. The van der Waals surface area contributed by atoms with Crippen molar-refractivity contribution in [3.63, 3.8) is 0 Å². The summed E-state index contributed by atoms with van der Waals surface area (Å²) >= 11 is 0. The van der Waals surface area contributed by atoms with Crippen LogP contribution in [0.3, 0.4) is 0 Å². The Morgan fingerprint density at radius 1 is 1.50 bits per heavy atom. The highest BCUT2D eigenvalue weighted by Crippen LogP contribution is 2.11. The zero-order chi connectivity index (χ0) is 9.19. The minimum Gasteiger partial charge on any atom is -0.382 e. The van der Waals surface area contributed by atoms with Crippen molar-refractivity contribution in [3.8, 4) is 5.75 Å². The van der Waals surface area contributed by atoms with E-state index in [2.05, 4.69) is 10.2 Å². The van der Waals surface area contributed by atoms with E-state index in [1.807, 2.05) is 0 Å². The molecule has 0 heterocycles. The molecule has 0 atom stereocenters. The van der Waals surface area contributed by atoms with Crippen LogP contribution in [0, 0.1) is 11.9 Å². The van der Waals surface area contributed by atoms with E-state index in [0.29, 0.717) is 0 Å². The van der Waals surface area contributed by atoms with Crippen LogP contribution in [0.5, 0.6) is 5.75 Å². The first-order chi connectivity index (χ1) is 5.47. The van der Waals surface area contributed by atoms with Crippen LogP contribution in [0.4, 0.5) is 4.39 Å². The van der Waals surface area contributed by atoms with Crippen molar-refractivity contribution in [2.24, 2.45) is 0 Å². The van der Waals surface area contributed by atoms with E-state index in [4.69, 9.17) is 0 Å². The summed E-state index contributed by atoms with van der Waals surface area (Å²) in [4.78, 5) is 0. The van der Waals surface area contributed by atoms with Gasteiger partial charge in [-0.3, -0.25) is 0 Å². The van der Waals surface area contributed by atoms with Crippen LogP contribution in [-0.2, 0) is 10.1 Å². The van der Waals surface area contributed by atoms with Crippen LogP contribution in [0.25, 0.3) is 0 Å². The SMILES string of the molecule is CS(=O)(=O)Oc1[c]cc(F)cc1. The molecule has 0 fully saturated rings. The van der Waals surface area contributed by atoms with Crippen molar-refractivity contribution < 1.29 is 17.0 Å². The molecule has 0 aromatic heterocycles. The Labute approximate surface area is 69.9 Å². The number of hydrogen-bond acceptors (Lipinski definition) is 3. The average molecular weight is 189 g/mol. The van der Waals surface area contributed by atoms with E-state index < -0.39 is 15.9 Å². The Morgan fingerprint density at radius 2 is 2.17 bits per heavy atom. The van der Waals surface area contributed by atoms with Crippen molar-refractivity contribution in [1.29, 1.82) is 0 Å². The van der Waals surface area contributed by atoms with Gasteiger partial charge in [0.25, 0.3) is 0 Å². The van der Waals surface area contributed by atoms with E-state index in [1.54, 1.807) is 0 Å². The molecule has 65 valence electrons. The number of hydrogen-bond donors (Lipinski definition) is 0. The second-order valence-corrected chi connectivity index (χ2v) is 3.73. The zero-order valence-corrected chi connectivity index (χ0v) is 7.06. The van der Waals surface area contributed by atoms with Gasteiger partial charge in [-0.1, -0.05) is 0 Å². The smallest absolute Gasteiger partial charge is 0.306 e. The third kappa shape index (κ3) is 2.87. The molecule has 0 N–H and O–H groups in total. The summed E-state index contributed by atoms with van der Waals surface area (Å²) in [6, 6.07) is 5.60. The van der Waals surface area contributed by atoms with Crippen LogP contribution in [-0.4, -0.2) is 14.7 Å². The van der Waals surface area contributed by atoms with E-state index in [0.717, 1.165) is 18.4 Å². The monoisotopic (exact) mass is 189 g/mol. The molecule has 0 aliphatic carbocycles. The van der Waals surface area contributed by atoms with Crippen molar-refractivity contribution in [3.05, 3.63) is 30.1 Å². The largest absolute Gasteiger partial charge is 0.382 e. The van der Waals surface area contributed by atoms with Crippen LogP contribution in [0.1, 0.15) is 0 Å². The third-order valence-electron chi connectivity index (χ3n) is 0.987. The van der Waals surface area contributed by atoms with Gasteiger partial charge in [0.05, 0.1) is 6.26 Å². The topological polar surface area (TPSA) is 43.4 Å². The normalized spacial score (nSPS) is 11.2. The fraction of sp³-hybridized carbons (Fsp3) is 0.143. The van der Waals surface area contributed by atoms with Crippen molar-refractivity contribution in [2.75, 3.05) is 6.26 Å². The highest BCUT2D eigenvalue weighted by atomic mass is 32.2. The Morgan fingerprint density at radius 3 is 2.58 bits per heavy atom.